The van der Waals surface area contributed by atoms with Crippen LogP contribution in [0.3, 0.4) is 0 Å². The summed E-state index contributed by atoms with van der Waals surface area (Å²) in [6, 6.07) is 8.96. The van der Waals surface area contributed by atoms with Gasteiger partial charge in [0.05, 0.1) is 11.3 Å². The van der Waals surface area contributed by atoms with Crippen molar-refractivity contribution in [3.63, 3.8) is 0 Å². The van der Waals surface area contributed by atoms with Gasteiger partial charge in [0.15, 0.2) is 6.10 Å². The molecule has 5 nitrogen and oxygen atoms in total. The van der Waals surface area contributed by atoms with Crippen LogP contribution in [0.1, 0.15) is 90.2 Å². The minimum absolute atomic E-state index is 0.0612. The molecule has 0 aliphatic heterocycles. The molecule has 34 heavy (non-hydrogen) atoms. The summed E-state index contributed by atoms with van der Waals surface area (Å²) in [4.78, 5) is 12.4. The number of carbonyl (C=O) groups excluding carboxylic acids is 1. The van der Waals surface area contributed by atoms with E-state index < -0.39 is 17.6 Å². The number of aliphatic hydroxyl groups excluding tert-OH is 1. The Morgan fingerprint density at radius 3 is 2.56 bits per heavy atom. The van der Waals surface area contributed by atoms with E-state index >= 15 is 0 Å². The number of hydrogen-bond donors (Lipinski definition) is 3. The van der Waals surface area contributed by atoms with Gasteiger partial charge in [-0.3, -0.25) is 4.79 Å². The van der Waals surface area contributed by atoms with E-state index in [2.05, 4.69) is 37.4 Å². The van der Waals surface area contributed by atoms with Crippen LogP contribution in [-0.4, -0.2) is 27.4 Å². The number of nitrogens with one attached hydrogen (secondary N) is 1. The van der Waals surface area contributed by atoms with Crippen molar-refractivity contribution in [1.82, 2.24) is 5.43 Å². The van der Waals surface area contributed by atoms with Crippen molar-refractivity contribution in [3.8, 4) is 0 Å². The number of rotatable bonds is 4. The van der Waals surface area contributed by atoms with Gasteiger partial charge in [0.25, 0.3) is 5.91 Å². The topological polar surface area (TPSA) is 81.9 Å². The van der Waals surface area contributed by atoms with Gasteiger partial charge in [-0.1, -0.05) is 56.7 Å². The SMILES string of the molecule is CC[C@]1(O)CC[C@H]2[C@@H]3CCC4=CC(=NNC(=O)C(O)c5ccccc5)CC[C@]4(C)[C@H]3CC[C@@]21C. The zero-order valence-corrected chi connectivity index (χ0v) is 20.9. The van der Waals surface area contributed by atoms with E-state index in [0.29, 0.717) is 23.3 Å². The summed E-state index contributed by atoms with van der Waals surface area (Å²) in [5.74, 6) is 1.50. The van der Waals surface area contributed by atoms with Gasteiger partial charge in [0, 0.05) is 0 Å². The zero-order chi connectivity index (χ0) is 24.1. The molecule has 3 N–H and O–H groups in total. The van der Waals surface area contributed by atoms with Crippen LogP contribution in [0.25, 0.3) is 0 Å². The third-order valence-corrected chi connectivity index (χ3v) is 10.6. The highest BCUT2D eigenvalue weighted by molar-refractivity contribution is 5.97. The number of amides is 1. The van der Waals surface area contributed by atoms with Crippen molar-refractivity contribution in [3.05, 3.63) is 47.5 Å². The Morgan fingerprint density at radius 1 is 1.09 bits per heavy atom. The van der Waals surface area contributed by atoms with E-state index in [1.165, 1.54) is 24.8 Å². The lowest BCUT2D eigenvalue weighted by atomic mass is 9.46. The Morgan fingerprint density at radius 2 is 1.82 bits per heavy atom. The average molecular weight is 465 g/mol. The van der Waals surface area contributed by atoms with Crippen molar-refractivity contribution in [1.29, 1.82) is 0 Å². The third kappa shape index (κ3) is 3.58. The molecule has 3 fully saturated rings. The number of carbonyl (C=O) groups is 1. The van der Waals surface area contributed by atoms with Gasteiger partial charge < -0.3 is 10.2 Å². The van der Waals surface area contributed by atoms with Crippen LogP contribution in [0.4, 0.5) is 0 Å². The van der Waals surface area contributed by atoms with Crippen LogP contribution in [0.5, 0.6) is 0 Å². The van der Waals surface area contributed by atoms with Crippen LogP contribution >= 0.6 is 0 Å². The van der Waals surface area contributed by atoms with Crippen LogP contribution < -0.4 is 5.43 Å². The molecule has 184 valence electrons. The monoisotopic (exact) mass is 464 g/mol. The summed E-state index contributed by atoms with van der Waals surface area (Å²) in [6.45, 7) is 6.98. The molecule has 3 saturated carbocycles. The molecular formula is C29H40N2O3. The Kier molecular flexibility index (Phi) is 6.01. The summed E-state index contributed by atoms with van der Waals surface area (Å²) < 4.78 is 0. The Balaban J connectivity index is 1.31. The summed E-state index contributed by atoms with van der Waals surface area (Å²) in [7, 11) is 0. The van der Waals surface area contributed by atoms with Crippen molar-refractivity contribution in [2.75, 3.05) is 0 Å². The number of nitrogens with zero attached hydrogens (tertiary/aromatic N) is 1. The lowest BCUT2D eigenvalue weighted by Crippen LogP contribution is -2.54. The van der Waals surface area contributed by atoms with Crippen LogP contribution in [0, 0.1) is 28.6 Å². The predicted molar refractivity (Wildman–Crippen MR) is 134 cm³/mol. The smallest absolute Gasteiger partial charge is 0.273 e. The summed E-state index contributed by atoms with van der Waals surface area (Å²) in [5.41, 5.74) is 5.29. The van der Waals surface area contributed by atoms with E-state index in [9.17, 15) is 15.0 Å². The highest BCUT2D eigenvalue weighted by atomic mass is 16.3. The molecule has 4 aliphatic rings. The van der Waals surface area contributed by atoms with Gasteiger partial charge in [-0.05, 0) is 98.0 Å². The minimum atomic E-state index is -1.22. The molecule has 1 unspecified atom stereocenters. The Labute approximate surface area is 203 Å². The fourth-order valence-electron chi connectivity index (χ4n) is 8.32. The molecule has 0 radical (unpaired) electrons. The van der Waals surface area contributed by atoms with E-state index in [1.54, 1.807) is 12.1 Å². The molecule has 0 saturated heterocycles. The largest absolute Gasteiger partial charge is 0.389 e. The lowest BCUT2D eigenvalue weighted by Gasteiger charge is -2.59. The van der Waals surface area contributed by atoms with E-state index in [0.717, 1.165) is 44.2 Å². The van der Waals surface area contributed by atoms with Crippen molar-refractivity contribution in [2.24, 2.45) is 33.7 Å². The van der Waals surface area contributed by atoms with Crippen molar-refractivity contribution >= 4 is 11.6 Å². The minimum Gasteiger partial charge on any atom is -0.389 e. The van der Waals surface area contributed by atoms with Crippen LogP contribution in [-0.2, 0) is 4.79 Å². The average Bonchev–Trinajstić information content (AvgIpc) is 3.13. The first-order valence-corrected chi connectivity index (χ1v) is 13.2. The molecule has 5 heteroatoms. The number of aliphatic hydroxyl groups is 2. The Bertz CT molecular complexity index is 1000. The van der Waals surface area contributed by atoms with Gasteiger partial charge >= 0.3 is 0 Å². The molecule has 1 aromatic rings. The van der Waals surface area contributed by atoms with Crippen molar-refractivity contribution in [2.45, 2.75) is 90.3 Å². The quantitative estimate of drug-likeness (QED) is 0.529. The van der Waals surface area contributed by atoms with Gasteiger partial charge in [-0.2, -0.15) is 5.10 Å². The predicted octanol–water partition coefficient (Wildman–Crippen LogP) is 5.30. The number of fused-ring (bicyclic) bond motifs is 5. The standard InChI is InChI=1S/C29H40N2O3/c1-4-29(34)17-14-24-22-11-10-20-18-21(12-15-27(20,2)23(22)13-16-28(24,29)3)30-31-26(33)25(32)19-8-6-5-7-9-19/h5-9,18,22-25,32,34H,4,10-17H2,1-3H3,(H,31,33)/t22-,23+,24+,25?,27+,28+,29+/m1/s1. The number of hydrogen-bond acceptors (Lipinski definition) is 4. The molecule has 0 heterocycles. The van der Waals surface area contributed by atoms with Gasteiger partial charge in [-0.25, -0.2) is 5.43 Å². The highest BCUT2D eigenvalue weighted by Gasteiger charge is 2.63. The Hall–Kier alpha value is -1.98. The number of allylic oxidation sites excluding steroid dienone is 2. The number of hydrazone groups is 1. The molecule has 0 bridgehead atoms. The first-order valence-electron chi connectivity index (χ1n) is 13.2. The molecule has 5 rings (SSSR count). The van der Waals surface area contributed by atoms with Crippen LogP contribution in [0.2, 0.25) is 0 Å². The second kappa shape index (κ2) is 8.60. The number of benzene rings is 1. The van der Waals surface area contributed by atoms with E-state index in [4.69, 9.17) is 0 Å². The van der Waals surface area contributed by atoms with Crippen molar-refractivity contribution < 1.29 is 15.0 Å². The molecule has 1 amide bonds. The summed E-state index contributed by atoms with van der Waals surface area (Å²) >= 11 is 0. The molecule has 4 aliphatic carbocycles. The maximum atomic E-state index is 12.4. The highest BCUT2D eigenvalue weighted by Crippen LogP contribution is 2.67. The first kappa shape index (κ1) is 23.7. The van der Waals surface area contributed by atoms with E-state index in [1.807, 2.05) is 18.2 Å². The maximum absolute atomic E-state index is 12.4. The molecule has 1 aromatic carbocycles. The van der Waals surface area contributed by atoms with Gasteiger partial charge in [0.1, 0.15) is 0 Å². The fraction of sp³-hybridized carbons (Fsp3) is 0.655. The van der Waals surface area contributed by atoms with Gasteiger partial charge in [-0.15, -0.1) is 0 Å². The zero-order valence-electron chi connectivity index (χ0n) is 20.9. The molecule has 0 aromatic heterocycles. The third-order valence-electron chi connectivity index (χ3n) is 10.6. The fourth-order valence-corrected chi connectivity index (χ4v) is 8.32. The molecule has 7 atom stereocenters. The summed E-state index contributed by atoms with van der Waals surface area (Å²) in [6.07, 6.45) is 10.5. The second-order valence-corrected chi connectivity index (χ2v) is 11.8. The second-order valence-electron chi connectivity index (χ2n) is 11.8. The maximum Gasteiger partial charge on any atom is 0.273 e. The normalized spacial score (nSPS) is 41.1. The lowest BCUT2D eigenvalue weighted by molar-refractivity contribution is -0.129. The van der Waals surface area contributed by atoms with E-state index in [-0.39, 0.29) is 10.8 Å². The molecular weight excluding hydrogens is 424 g/mol. The van der Waals surface area contributed by atoms with Gasteiger partial charge in [0.2, 0.25) is 0 Å². The summed E-state index contributed by atoms with van der Waals surface area (Å²) in [5, 5.41) is 26.1. The molecule has 0 spiro atoms. The first-order chi connectivity index (χ1) is 16.2. The van der Waals surface area contributed by atoms with Crippen LogP contribution in [0.15, 0.2) is 47.1 Å².